The maximum atomic E-state index is 12.3. The fraction of sp³-hybridized carbons (Fsp3) is 0.316. The molecule has 0 radical (unpaired) electrons. The summed E-state index contributed by atoms with van der Waals surface area (Å²) >= 11 is 0. The van der Waals surface area contributed by atoms with Crippen molar-refractivity contribution < 1.29 is 4.79 Å². The molecule has 1 aliphatic heterocycles. The molecular formula is C19H20N6O2. The summed E-state index contributed by atoms with van der Waals surface area (Å²) in [6, 6.07) is 6.97. The third-order valence-electron chi connectivity index (χ3n) is 4.70. The first-order valence-electron chi connectivity index (χ1n) is 9.07. The number of benzene rings is 1. The predicted octanol–water partition coefficient (Wildman–Crippen LogP) is 2.65. The number of carbonyl (C=O) groups excluding carboxylic acids is 1. The van der Waals surface area contributed by atoms with Crippen molar-refractivity contribution in [2.45, 2.75) is 25.7 Å². The van der Waals surface area contributed by atoms with E-state index in [1.807, 2.05) is 0 Å². The van der Waals surface area contributed by atoms with E-state index >= 15 is 0 Å². The van der Waals surface area contributed by atoms with Gasteiger partial charge >= 0.3 is 0 Å². The fourth-order valence-electron chi connectivity index (χ4n) is 3.28. The topological polar surface area (TPSA) is 104 Å². The molecule has 0 unspecified atom stereocenters. The van der Waals surface area contributed by atoms with Crippen molar-refractivity contribution in [1.29, 1.82) is 0 Å². The van der Waals surface area contributed by atoms with Crippen LogP contribution < -0.4 is 15.8 Å². The number of fused-ring (bicyclic) bond motifs is 1. The molecule has 1 saturated heterocycles. The van der Waals surface area contributed by atoms with Gasteiger partial charge in [-0.25, -0.2) is 10.1 Å². The van der Waals surface area contributed by atoms with Crippen molar-refractivity contribution in [3.63, 3.8) is 0 Å². The first-order chi connectivity index (χ1) is 13.2. The van der Waals surface area contributed by atoms with Crippen molar-refractivity contribution in [3.05, 3.63) is 46.4 Å². The number of nitrogens with zero attached hydrogens (tertiary/aromatic N) is 4. The van der Waals surface area contributed by atoms with Crippen LogP contribution in [-0.4, -0.2) is 39.5 Å². The Hall–Kier alpha value is -3.29. The van der Waals surface area contributed by atoms with Crippen molar-refractivity contribution in [2.75, 3.05) is 23.3 Å². The van der Waals surface area contributed by atoms with Gasteiger partial charge in [0.15, 0.2) is 0 Å². The van der Waals surface area contributed by atoms with Crippen LogP contribution in [0.4, 0.5) is 17.5 Å². The molecule has 0 bridgehead atoms. The van der Waals surface area contributed by atoms with Gasteiger partial charge < -0.3 is 10.2 Å². The van der Waals surface area contributed by atoms with Gasteiger partial charge in [0.1, 0.15) is 23.0 Å². The molecule has 1 fully saturated rings. The van der Waals surface area contributed by atoms with Crippen LogP contribution in [0.15, 0.2) is 35.3 Å². The molecule has 0 saturated carbocycles. The van der Waals surface area contributed by atoms with Crippen molar-refractivity contribution in [2.24, 2.45) is 0 Å². The van der Waals surface area contributed by atoms with Crippen LogP contribution >= 0.6 is 0 Å². The van der Waals surface area contributed by atoms with Crippen LogP contribution in [0, 0.1) is 0 Å². The molecule has 0 spiro atoms. The third kappa shape index (κ3) is 3.64. The standard InChI is InChI=1S/C19H20N6O2/c26-12-13-5-7-14(8-6-13)21-17-16-15(11-20-24-18(16)27)22-19(23-17)25-9-3-1-2-4-10-25/h5-8,11-12H,1-4,9-10H2,(H,24,27)(H,21,22,23). The van der Waals surface area contributed by atoms with E-state index in [4.69, 9.17) is 0 Å². The zero-order valence-electron chi connectivity index (χ0n) is 14.8. The summed E-state index contributed by atoms with van der Waals surface area (Å²) in [7, 11) is 0. The smallest absolute Gasteiger partial charge is 0.277 e. The number of H-pyrrole nitrogens is 1. The van der Waals surface area contributed by atoms with Crippen molar-refractivity contribution >= 4 is 34.6 Å². The molecule has 0 atom stereocenters. The van der Waals surface area contributed by atoms with Gasteiger partial charge in [-0.15, -0.1) is 0 Å². The average Bonchev–Trinajstić information content (AvgIpc) is 2.98. The normalized spacial score (nSPS) is 14.7. The van der Waals surface area contributed by atoms with E-state index in [1.165, 1.54) is 12.8 Å². The van der Waals surface area contributed by atoms with Crippen LogP contribution in [0.3, 0.4) is 0 Å². The van der Waals surface area contributed by atoms with E-state index in [-0.39, 0.29) is 5.56 Å². The Morgan fingerprint density at radius 3 is 2.48 bits per heavy atom. The Morgan fingerprint density at radius 2 is 1.78 bits per heavy atom. The number of carbonyl (C=O) groups is 1. The van der Waals surface area contributed by atoms with Gasteiger partial charge in [0.2, 0.25) is 5.95 Å². The molecule has 1 aliphatic rings. The van der Waals surface area contributed by atoms with Crippen molar-refractivity contribution in [1.82, 2.24) is 20.2 Å². The molecule has 4 rings (SSSR count). The maximum Gasteiger partial charge on any atom is 0.277 e. The second kappa shape index (κ2) is 7.53. The van der Waals surface area contributed by atoms with E-state index < -0.39 is 0 Å². The second-order valence-corrected chi connectivity index (χ2v) is 6.60. The number of hydrogen-bond acceptors (Lipinski definition) is 7. The SMILES string of the molecule is O=Cc1ccc(Nc2nc(N3CCCCCC3)nc3cn[nH]c(=O)c23)cc1. The minimum absolute atomic E-state index is 0.345. The molecule has 138 valence electrons. The third-order valence-corrected chi connectivity index (χ3v) is 4.70. The minimum Gasteiger partial charge on any atom is -0.341 e. The van der Waals surface area contributed by atoms with Gasteiger partial charge in [0, 0.05) is 24.3 Å². The van der Waals surface area contributed by atoms with Gasteiger partial charge in [-0.3, -0.25) is 9.59 Å². The highest BCUT2D eigenvalue weighted by molar-refractivity contribution is 5.90. The lowest BCUT2D eigenvalue weighted by Crippen LogP contribution is -2.26. The number of aromatic nitrogens is 4. The van der Waals surface area contributed by atoms with E-state index in [2.05, 4.69) is 30.4 Å². The lowest BCUT2D eigenvalue weighted by molar-refractivity contribution is 0.112. The highest BCUT2D eigenvalue weighted by atomic mass is 16.1. The molecule has 1 aromatic carbocycles. The Morgan fingerprint density at radius 1 is 1.04 bits per heavy atom. The van der Waals surface area contributed by atoms with Gasteiger partial charge in [0.05, 0.1) is 6.20 Å². The van der Waals surface area contributed by atoms with Crippen LogP contribution in [0.2, 0.25) is 0 Å². The molecular weight excluding hydrogens is 344 g/mol. The van der Waals surface area contributed by atoms with Crippen LogP contribution in [0.25, 0.3) is 10.9 Å². The Labute approximate surface area is 155 Å². The lowest BCUT2D eigenvalue weighted by Gasteiger charge is -2.21. The van der Waals surface area contributed by atoms with Gasteiger partial charge in [-0.05, 0) is 37.1 Å². The number of nitrogens with one attached hydrogen (secondary N) is 2. The van der Waals surface area contributed by atoms with Gasteiger partial charge in [-0.1, -0.05) is 12.8 Å². The molecule has 2 aromatic heterocycles. The summed E-state index contributed by atoms with van der Waals surface area (Å²) in [5.74, 6) is 1.03. The largest absolute Gasteiger partial charge is 0.341 e. The summed E-state index contributed by atoms with van der Waals surface area (Å²) < 4.78 is 0. The Balaban J connectivity index is 1.78. The van der Waals surface area contributed by atoms with Gasteiger partial charge in [-0.2, -0.15) is 10.1 Å². The maximum absolute atomic E-state index is 12.3. The number of aldehydes is 1. The predicted molar refractivity (Wildman–Crippen MR) is 104 cm³/mol. The van der Waals surface area contributed by atoms with E-state index in [0.717, 1.165) is 37.9 Å². The molecule has 2 N–H and O–H groups in total. The molecule has 0 amide bonds. The quantitative estimate of drug-likeness (QED) is 0.686. The summed E-state index contributed by atoms with van der Waals surface area (Å²) in [4.78, 5) is 34.6. The van der Waals surface area contributed by atoms with Crippen LogP contribution in [0.5, 0.6) is 0 Å². The number of hydrogen-bond donors (Lipinski definition) is 2. The zero-order chi connectivity index (χ0) is 18.6. The number of rotatable bonds is 4. The Bertz CT molecular complexity index is 1010. The monoisotopic (exact) mass is 364 g/mol. The number of anilines is 3. The van der Waals surface area contributed by atoms with Gasteiger partial charge in [0.25, 0.3) is 5.56 Å². The first-order valence-corrected chi connectivity index (χ1v) is 9.07. The van der Waals surface area contributed by atoms with Crippen molar-refractivity contribution in [3.8, 4) is 0 Å². The van der Waals surface area contributed by atoms with Crippen LogP contribution in [0.1, 0.15) is 36.0 Å². The van der Waals surface area contributed by atoms with E-state index in [0.29, 0.717) is 28.2 Å². The fourth-order valence-corrected chi connectivity index (χ4v) is 3.28. The number of aromatic amines is 1. The molecule has 27 heavy (non-hydrogen) atoms. The van der Waals surface area contributed by atoms with E-state index in [9.17, 15) is 9.59 Å². The average molecular weight is 364 g/mol. The molecule has 3 aromatic rings. The zero-order valence-corrected chi connectivity index (χ0v) is 14.8. The molecule has 8 heteroatoms. The minimum atomic E-state index is -0.345. The molecule has 8 nitrogen and oxygen atoms in total. The highest BCUT2D eigenvalue weighted by Crippen LogP contribution is 2.25. The summed E-state index contributed by atoms with van der Waals surface area (Å²) in [6.07, 6.45) is 6.95. The summed E-state index contributed by atoms with van der Waals surface area (Å²) in [5, 5.41) is 9.87. The highest BCUT2D eigenvalue weighted by Gasteiger charge is 2.17. The summed E-state index contributed by atoms with van der Waals surface area (Å²) in [6.45, 7) is 1.80. The Kier molecular flexibility index (Phi) is 4.78. The second-order valence-electron chi connectivity index (χ2n) is 6.60. The van der Waals surface area contributed by atoms with Crippen LogP contribution in [-0.2, 0) is 0 Å². The summed E-state index contributed by atoms with van der Waals surface area (Å²) in [5.41, 5.74) is 1.47. The molecule has 3 heterocycles. The first kappa shape index (κ1) is 17.1. The molecule has 0 aliphatic carbocycles. The lowest BCUT2D eigenvalue weighted by atomic mass is 10.2. The van der Waals surface area contributed by atoms with E-state index in [1.54, 1.807) is 30.5 Å².